The molecule has 1 aromatic heterocycles. The Labute approximate surface area is 125 Å². The molecule has 2 nitrogen and oxygen atoms in total. The Balaban J connectivity index is 2.14. The van der Waals surface area contributed by atoms with E-state index in [4.69, 9.17) is 11.6 Å². The summed E-state index contributed by atoms with van der Waals surface area (Å²) in [5.74, 6) is 1.14. The quantitative estimate of drug-likeness (QED) is 0.768. The van der Waals surface area contributed by atoms with Crippen molar-refractivity contribution in [2.24, 2.45) is 5.92 Å². The van der Waals surface area contributed by atoms with Gasteiger partial charge in [-0.2, -0.15) is 0 Å². The molecular formula is C17H21ClN2. The highest BCUT2D eigenvalue weighted by Crippen LogP contribution is 2.34. The first kappa shape index (κ1) is 13.7. The number of halogens is 1. The Bertz CT molecular complexity index is 609. The predicted molar refractivity (Wildman–Crippen MR) is 86.5 cm³/mol. The summed E-state index contributed by atoms with van der Waals surface area (Å²) in [5, 5.41) is 1.24. The summed E-state index contributed by atoms with van der Waals surface area (Å²) < 4.78 is 0. The molecule has 106 valence electrons. The van der Waals surface area contributed by atoms with Crippen LogP contribution in [-0.4, -0.2) is 17.6 Å². The fourth-order valence-corrected chi connectivity index (χ4v) is 3.44. The van der Waals surface area contributed by atoms with E-state index in [1.54, 1.807) is 0 Å². The molecule has 0 bridgehead atoms. The van der Waals surface area contributed by atoms with Crippen LogP contribution in [0.25, 0.3) is 10.9 Å². The molecular weight excluding hydrogens is 268 g/mol. The van der Waals surface area contributed by atoms with Crippen LogP contribution in [0.5, 0.6) is 0 Å². The molecule has 1 aliphatic heterocycles. The van der Waals surface area contributed by atoms with Gasteiger partial charge in [0, 0.05) is 23.7 Å². The Morgan fingerprint density at radius 3 is 2.90 bits per heavy atom. The van der Waals surface area contributed by atoms with Crippen LogP contribution in [-0.2, 0) is 5.88 Å². The van der Waals surface area contributed by atoms with Gasteiger partial charge >= 0.3 is 0 Å². The lowest BCUT2D eigenvalue weighted by Gasteiger charge is -2.31. The van der Waals surface area contributed by atoms with Crippen molar-refractivity contribution in [3.63, 3.8) is 0 Å². The molecule has 1 saturated heterocycles. The van der Waals surface area contributed by atoms with E-state index in [1.807, 2.05) is 6.07 Å². The first-order chi connectivity index (χ1) is 9.70. The number of benzene rings is 1. The van der Waals surface area contributed by atoms with Gasteiger partial charge in [0.05, 0.1) is 17.1 Å². The van der Waals surface area contributed by atoms with Gasteiger partial charge in [-0.25, -0.2) is 0 Å². The maximum atomic E-state index is 6.02. The van der Waals surface area contributed by atoms with E-state index < -0.39 is 0 Å². The van der Waals surface area contributed by atoms with Gasteiger partial charge in [-0.15, -0.1) is 11.6 Å². The van der Waals surface area contributed by atoms with E-state index in [9.17, 15) is 0 Å². The second-order valence-corrected chi connectivity index (χ2v) is 6.20. The highest BCUT2D eigenvalue weighted by atomic mass is 35.5. The number of fused-ring (bicyclic) bond motifs is 1. The first-order valence-electron chi connectivity index (χ1n) is 7.42. The molecule has 0 N–H and O–H groups in total. The zero-order valence-corrected chi connectivity index (χ0v) is 12.9. The van der Waals surface area contributed by atoms with Gasteiger partial charge in [0.2, 0.25) is 0 Å². The topological polar surface area (TPSA) is 16.1 Å². The van der Waals surface area contributed by atoms with E-state index in [0.717, 1.165) is 17.8 Å². The van der Waals surface area contributed by atoms with Crippen molar-refractivity contribution >= 4 is 28.2 Å². The minimum absolute atomic E-state index is 0.470. The monoisotopic (exact) mass is 288 g/mol. The largest absolute Gasteiger partial charge is 0.368 e. The molecule has 3 heteroatoms. The molecule has 1 unspecified atom stereocenters. The number of alkyl halides is 1. The summed E-state index contributed by atoms with van der Waals surface area (Å²) in [4.78, 5) is 7.20. The first-order valence-corrected chi connectivity index (χ1v) is 7.95. The predicted octanol–water partition coefficient (Wildman–Crippen LogP) is 4.60. The number of hydrogen-bond acceptors (Lipinski definition) is 2. The standard InChI is InChI=1S/C17H21ClN2/c1-12(2)16-8-5-9-20(16)17-10-13(11-18)19-15-7-4-3-6-14(15)17/h3-4,6-7,10,12,16H,5,8-9,11H2,1-2H3. The molecule has 2 heterocycles. The van der Waals surface area contributed by atoms with Crippen molar-refractivity contribution in [3.8, 4) is 0 Å². The van der Waals surface area contributed by atoms with Gasteiger partial charge in [-0.3, -0.25) is 4.98 Å². The fraction of sp³-hybridized carbons (Fsp3) is 0.471. The van der Waals surface area contributed by atoms with Gasteiger partial charge in [0.1, 0.15) is 0 Å². The van der Waals surface area contributed by atoms with E-state index in [0.29, 0.717) is 17.8 Å². The fourth-order valence-electron chi connectivity index (χ4n) is 3.30. The average molecular weight is 289 g/mol. The minimum Gasteiger partial charge on any atom is -0.368 e. The van der Waals surface area contributed by atoms with Crippen LogP contribution < -0.4 is 4.90 Å². The third-order valence-corrected chi connectivity index (χ3v) is 4.54. The molecule has 0 saturated carbocycles. The third-order valence-electron chi connectivity index (χ3n) is 4.26. The second-order valence-electron chi connectivity index (χ2n) is 5.93. The van der Waals surface area contributed by atoms with Crippen LogP contribution in [0.4, 0.5) is 5.69 Å². The minimum atomic E-state index is 0.470. The van der Waals surface area contributed by atoms with Crippen molar-refractivity contribution in [3.05, 3.63) is 36.0 Å². The van der Waals surface area contributed by atoms with Crippen LogP contribution in [0.3, 0.4) is 0 Å². The molecule has 0 radical (unpaired) electrons. The molecule has 1 fully saturated rings. The number of rotatable bonds is 3. The van der Waals surface area contributed by atoms with E-state index in [2.05, 4.69) is 48.0 Å². The van der Waals surface area contributed by atoms with Gasteiger partial charge in [0.15, 0.2) is 0 Å². The maximum absolute atomic E-state index is 6.02. The summed E-state index contributed by atoms with van der Waals surface area (Å²) >= 11 is 6.02. The Morgan fingerprint density at radius 2 is 2.15 bits per heavy atom. The van der Waals surface area contributed by atoms with Crippen LogP contribution in [0.15, 0.2) is 30.3 Å². The summed E-state index contributed by atoms with van der Waals surface area (Å²) in [6, 6.07) is 11.2. The van der Waals surface area contributed by atoms with E-state index in [-0.39, 0.29) is 0 Å². The zero-order chi connectivity index (χ0) is 14.1. The van der Waals surface area contributed by atoms with Gasteiger partial charge in [-0.05, 0) is 30.9 Å². The number of hydrogen-bond donors (Lipinski definition) is 0. The van der Waals surface area contributed by atoms with Crippen molar-refractivity contribution in [1.29, 1.82) is 0 Å². The lowest BCUT2D eigenvalue weighted by atomic mass is 10.0. The molecule has 1 aliphatic rings. The van der Waals surface area contributed by atoms with Crippen molar-refractivity contribution in [1.82, 2.24) is 4.98 Å². The molecule has 1 atom stereocenters. The Hall–Kier alpha value is -1.28. The zero-order valence-electron chi connectivity index (χ0n) is 12.1. The summed E-state index contributed by atoms with van der Waals surface area (Å²) in [5.41, 5.74) is 3.33. The SMILES string of the molecule is CC(C)C1CCCN1c1cc(CCl)nc2ccccc12. The number of para-hydroxylation sites is 1. The molecule has 2 aromatic rings. The smallest absolute Gasteiger partial charge is 0.0726 e. The molecule has 0 amide bonds. The molecule has 1 aromatic carbocycles. The van der Waals surface area contributed by atoms with E-state index >= 15 is 0 Å². The highest BCUT2D eigenvalue weighted by Gasteiger charge is 2.28. The van der Waals surface area contributed by atoms with Crippen LogP contribution in [0, 0.1) is 5.92 Å². The molecule has 0 aliphatic carbocycles. The molecule has 3 rings (SSSR count). The van der Waals surface area contributed by atoms with Crippen molar-refractivity contribution < 1.29 is 0 Å². The molecule has 20 heavy (non-hydrogen) atoms. The number of anilines is 1. The number of aromatic nitrogens is 1. The Kier molecular flexibility index (Phi) is 3.84. The number of pyridine rings is 1. The summed E-state index contributed by atoms with van der Waals surface area (Å²) in [6.07, 6.45) is 2.56. The third kappa shape index (κ3) is 2.37. The lowest BCUT2D eigenvalue weighted by Crippen LogP contribution is -2.33. The second kappa shape index (κ2) is 5.61. The van der Waals surface area contributed by atoms with Gasteiger partial charge in [0.25, 0.3) is 0 Å². The Morgan fingerprint density at radius 1 is 1.35 bits per heavy atom. The normalized spacial score (nSPS) is 19.2. The van der Waals surface area contributed by atoms with E-state index in [1.165, 1.54) is 23.9 Å². The summed E-state index contributed by atoms with van der Waals surface area (Å²) in [7, 11) is 0. The average Bonchev–Trinajstić information content (AvgIpc) is 2.95. The van der Waals surface area contributed by atoms with Gasteiger partial charge < -0.3 is 4.90 Å². The van der Waals surface area contributed by atoms with Crippen molar-refractivity contribution in [2.75, 3.05) is 11.4 Å². The van der Waals surface area contributed by atoms with Gasteiger partial charge in [-0.1, -0.05) is 32.0 Å². The van der Waals surface area contributed by atoms with Crippen molar-refractivity contribution in [2.45, 2.75) is 38.6 Å². The lowest BCUT2D eigenvalue weighted by molar-refractivity contribution is 0.492. The van der Waals surface area contributed by atoms with Crippen LogP contribution in [0.1, 0.15) is 32.4 Å². The maximum Gasteiger partial charge on any atom is 0.0726 e. The van der Waals surface area contributed by atoms with Crippen LogP contribution >= 0.6 is 11.6 Å². The van der Waals surface area contributed by atoms with Crippen LogP contribution in [0.2, 0.25) is 0 Å². The summed E-state index contributed by atoms with van der Waals surface area (Å²) in [6.45, 7) is 5.77. The number of nitrogens with zero attached hydrogens (tertiary/aromatic N) is 2. The molecule has 0 spiro atoms. The highest BCUT2D eigenvalue weighted by molar-refractivity contribution is 6.17.